The molecule has 1 amide bonds. The fourth-order valence-corrected chi connectivity index (χ4v) is 1.42. The van der Waals surface area contributed by atoms with Gasteiger partial charge in [-0.15, -0.1) is 0 Å². The largest absolute Gasteiger partial charge is 0.493 e. The fourth-order valence-electron chi connectivity index (χ4n) is 1.42. The summed E-state index contributed by atoms with van der Waals surface area (Å²) < 4.78 is 15.7. The molecule has 0 unspecified atom stereocenters. The summed E-state index contributed by atoms with van der Waals surface area (Å²) in [5.74, 6) is 1.54. The van der Waals surface area contributed by atoms with Gasteiger partial charge in [0.15, 0.2) is 11.5 Å². The van der Waals surface area contributed by atoms with E-state index < -0.39 is 0 Å². The van der Waals surface area contributed by atoms with Crippen LogP contribution in [-0.2, 0) is 4.79 Å². The van der Waals surface area contributed by atoms with Crippen LogP contribution in [0.25, 0.3) is 0 Å². The molecule has 1 aromatic rings. The zero-order valence-electron chi connectivity index (χ0n) is 9.52. The maximum absolute atomic E-state index is 10.7. The average molecular weight is 236 g/mol. The Kier molecular flexibility index (Phi) is 3.13. The molecule has 1 aliphatic heterocycles. The second-order valence-electron chi connectivity index (χ2n) is 3.38. The molecule has 0 bridgehead atoms. The fraction of sp³-hybridized carbons (Fsp3) is 0.273. The van der Waals surface area contributed by atoms with E-state index in [-0.39, 0.29) is 12.7 Å². The Morgan fingerprint density at radius 2 is 2.35 bits per heavy atom. The molecule has 6 nitrogen and oxygen atoms in total. The minimum atomic E-state index is -0.228. The van der Waals surface area contributed by atoms with Crippen LogP contribution in [0.3, 0.4) is 0 Å². The van der Waals surface area contributed by atoms with Gasteiger partial charge in [0.25, 0.3) is 0 Å². The summed E-state index contributed by atoms with van der Waals surface area (Å²) in [6.07, 6.45) is 1.51. The lowest BCUT2D eigenvalue weighted by Gasteiger charge is -2.05. The van der Waals surface area contributed by atoms with Gasteiger partial charge >= 0.3 is 0 Å². The first-order valence-electron chi connectivity index (χ1n) is 4.98. The molecule has 0 fully saturated rings. The van der Waals surface area contributed by atoms with Gasteiger partial charge in [0.1, 0.15) is 0 Å². The molecule has 6 heteroatoms. The highest BCUT2D eigenvalue weighted by Crippen LogP contribution is 2.41. The highest BCUT2D eigenvalue weighted by atomic mass is 16.7. The molecular formula is C11H12N2O4. The topological polar surface area (TPSA) is 69.2 Å². The smallest absolute Gasteiger partial charge is 0.236 e. The van der Waals surface area contributed by atoms with Crippen molar-refractivity contribution in [2.45, 2.75) is 6.92 Å². The second kappa shape index (κ2) is 4.73. The van der Waals surface area contributed by atoms with Gasteiger partial charge in [-0.2, -0.15) is 5.10 Å². The Morgan fingerprint density at radius 3 is 3.06 bits per heavy atom. The third-order valence-corrected chi connectivity index (χ3v) is 2.12. The maximum Gasteiger partial charge on any atom is 0.236 e. The van der Waals surface area contributed by atoms with Gasteiger partial charge in [-0.3, -0.25) is 4.79 Å². The number of ether oxygens (including phenoxy) is 3. The van der Waals surface area contributed by atoms with Gasteiger partial charge in [0, 0.05) is 12.5 Å². The number of hydrazone groups is 1. The zero-order valence-corrected chi connectivity index (χ0v) is 9.52. The first-order valence-corrected chi connectivity index (χ1v) is 4.98. The molecule has 0 atom stereocenters. The van der Waals surface area contributed by atoms with Gasteiger partial charge in [-0.1, -0.05) is 0 Å². The Morgan fingerprint density at radius 1 is 1.53 bits per heavy atom. The summed E-state index contributed by atoms with van der Waals surface area (Å²) in [4.78, 5) is 10.7. The highest BCUT2D eigenvalue weighted by molar-refractivity contribution is 5.84. The van der Waals surface area contributed by atoms with Crippen molar-refractivity contribution in [3.05, 3.63) is 17.7 Å². The lowest BCUT2D eigenvalue weighted by atomic mass is 10.2. The van der Waals surface area contributed by atoms with Crippen molar-refractivity contribution in [2.75, 3.05) is 13.9 Å². The van der Waals surface area contributed by atoms with Gasteiger partial charge in [0.2, 0.25) is 18.4 Å². The number of hydrogen-bond acceptors (Lipinski definition) is 5. The molecule has 90 valence electrons. The number of nitrogens with one attached hydrogen (secondary N) is 1. The quantitative estimate of drug-likeness (QED) is 0.625. The first kappa shape index (κ1) is 11.3. The number of carbonyl (C=O) groups is 1. The number of nitrogens with zero attached hydrogens (tertiary/aromatic N) is 1. The van der Waals surface area contributed by atoms with E-state index in [0.29, 0.717) is 17.2 Å². The van der Waals surface area contributed by atoms with Crippen LogP contribution in [0.4, 0.5) is 0 Å². The van der Waals surface area contributed by atoms with Crippen LogP contribution in [0.1, 0.15) is 12.5 Å². The summed E-state index contributed by atoms with van der Waals surface area (Å²) in [5, 5.41) is 3.77. The molecule has 0 aliphatic carbocycles. The van der Waals surface area contributed by atoms with Crippen LogP contribution in [0.15, 0.2) is 17.2 Å². The van der Waals surface area contributed by atoms with Gasteiger partial charge < -0.3 is 14.2 Å². The van der Waals surface area contributed by atoms with E-state index in [1.54, 1.807) is 19.2 Å². The van der Waals surface area contributed by atoms with Crippen LogP contribution >= 0.6 is 0 Å². The van der Waals surface area contributed by atoms with Crippen molar-refractivity contribution in [3.63, 3.8) is 0 Å². The highest BCUT2D eigenvalue weighted by Gasteiger charge is 2.19. The number of benzene rings is 1. The molecule has 1 heterocycles. The van der Waals surface area contributed by atoms with Crippen LogP contribution < -0.4 is 19.6 Å². The number of fused-ring (bicyclic) bond motifs is 1. The average Bonchev–Trinajstić information content (AvgIpc) is 2.75. The molecule has 0 aromatic heterocycles. The van der Waals surface area contributed by atoms with Crippen molar-refractivity contribution < 1.29 is 19.0 Å². The van der Waals surface area contributed by atoms with E-state index in [0.717, 1.165) is 5.56 Å². The van der Waals surface area contributed by atoms with E-state index in [2.05, 4.69) is 10.5 Å². The number of amides is 1. The Labute approximate surface area is 98.2 Å². The summed E-state index contributed by atoms with van der Waals surface area (Å²) in [6, 6.07) is 3.51. The minimum Gasteiger partial charge on any atom is -0.493 e. The molecule has 0 saturated carbocycles. The van der Waals surface area contributed by atoms with Crippen molar-refractivity contribution in [1.29, 1.82) is 0 Å². The van der Waals surface area contributed by atoms with E-state index >= 15 is 0 Å². The van der Waals surface area contributed by atoms with Crippen molar-refractivity contribution in [2.24, 2.45) is 5.10 Å². The van der Waals surface area contributed by atoms with Crippen LogP contribution in [0.2, 0.25) is 0 Å². The third kappa shape index (κ3) is 2.47. The normalized spacial score (nSPS) is 12.8. The van der Waals surface area contributed by atoms with Crippen LogP contribution in [0, 0.1) is 0 Å². The molecule has 17 heavy (non-hydrogen) atoms. The predicted molar refractivity (Wildman–Crippen MR) is 60.5 cm³/mol. The first-order chi connectivity index (χ1) is 8.20. The van der Waals surface area contributed by atoms with Crippen molar-refractivity contribution >= 4 is 12.1 Å². The monoisotopic (exact) mass is 236 g/mol. The van der Waals surface area contributed by atoms with E-state index in [1.165, 1.54) is 13.1 Å². The molecular weight excluding hydrogens is 224 g/mol. The van der Waals surface area contributed by atoms with Crippen LogP contribution in [0.5, 0.6) is 17.2 Å². The molecule has 0 radical (unpaired) electrons. The van der Waals surface area contributed by atoms with Crippen LogP contribution in [-0.4, -0.2) is 26.0 Å². The summed E-state index contributed by atoms with van der Waals surface area (Å²) in [7, 11) is 1.55. The number of rotatable bonds is 3. The van der Waals surface area contributed by atoms with Gasteiger partial charge in [0.05, 0.1) is 13.3 Å². The predicted octanol–water partition coefficient (Wildman–Crippen LogP) is 0.894. The van der Waals surface area contributed by atoms with E-state index in [4.69, 9.17) is 14.2 Å². The Hall–Kier alpha value is -2.24. The lowest BCUT2D eigenvalue weighted by molar-refractivity contribution is -0.118. The number of carbonyl (C=O) groups excluding carboxylic acids is 1. The summed E-state index contributed by atoms with van der Waals surface area (Å²) >= 11 is 0. The SMILES string of the molecule is COc1cc(/C=N\NC(C)=O)cc2c1OCO2. The van der Waals surface area contributed by atoms with Crippen molar-refractivity contribution in [3.8, 4) is 17.2 Å². The second-order valence-corrected chi connectivity index (χ2v) is 3.38. The van der Waals surface area contributed by atoms with E-state index in [9.17, 15) is 4.79 Å². The standard InChI is InChI=1S/C11H12N2O4/c1-7(14)13-12-5-8-3-9(15-2)11-10(4-8)16-6-17-11/h3-5H,6H2,1-2H3,(H,13,14)/b12-5-. The Balaban J connectivity index is 2.24. The summed E-state index contributed by atoms with van der Waals surface area (Å²) in [6.45, 7) is 1.57. The van der Waals surface area contributed by atoms with Gasteiger partial charge in [-0.05, 0) is 12.1 Å². The molecule has 2 rings (SSSR count). The number of methoxy groups -OCH3 is 1. The molecule has 0 spiro atoms. The zero-order chi connectivity index (χ0) is 12.3. The van der Waals surface area contributed by atoms with Crippen molar-refractivity contribution in [1.82, 2.24) is 5.43 Å². The third-order valence-electron chi connectivity index (χ3n) is 2.12. The molecule has 1 aromatic carbocycles. The lowest BCUT2D eigenvalue weighted by Crippen LogP contribution is -2.12. The minimum absolute atomic E-state index is 0.179. The number of hydrogen-bond donors (Lipinski definition) is 1. The maximum atomic E-state index is 10.7. The Bertz CT molecular complexity index is 471. The molecule has 1 aliphatic rings. The van der Waals surface area contributed by atoms with Gasteiger partial charge in [-0.25, -0.2) is 5.43 Å². The molecule has 1 N–H and O–H groups in total. The summed E-state index contributed by atoms with van der Waals surface area (Å²) in [5.41, 5.74) is 3.07. The van der Waals surface area contributed by atoms with E-state index in [1.807, 2.05) is 0 Å². The molecule has 0 saturated heterocycles.